The van der Waals surface area contributed by atoms with Crippen LogP contribution < -0.4 is 10.1 Å². The van der Waals surface area contributed by atoms with E-state index in [1.54, 1.807) is 12.1 Å². The smallest absolute Gasteiger partial charge is 0.328 e. The number of halogens is 3. The van der Waals surface area contributed by atoms with Gasteiger partial charge in [0.25, 0.3) is 0 Å². The number of β-amino-alcohol motifs (C(OH)–C–C–N with tert-alkyl or cyclic N) is 1. The normalized spacial score (nSPS) is 14.7. The lowest BCUT2D eigenvalue weighted by molar-refractivity contribution is -0.131. The molecule has 0 bridgehead atoms. The molecule has 0 spiro atoms. The SMILES string of the molecule is CC(C)(CC1Cc2ccccc2C1)NC[C@@H](O)COc1cc(Cl)c(Cl)c(/C=C/C(=O)O)c1.Cl. The fraction of sp³-hybridized carbons (Fsp3) is 0.400. The van der Waals surface area contributed by atoms with Gasteiger partial charge in [-0.1, -0.05) is 47.5 Å². The van der Waals surface area contributed by atoms with Crippen molar-refractivity contribution in [3.63, 3.8) is 0 Å². The highest BCUT2D eigenvalue weighted by Crippen LogP contribution is 2.33. The zero-order chi connectivity index (χ0) is 23.3. The highest BCUT2D eigenvalue weighted by atomic mass is 35.5. The Labute approximate surface area is 211 Å². The summed E-state index contributed by atoms with van der Waals surface area (Å²) in [4.78, 5) is 10.8. The van der Waals surface area contributed by atoms with Crippen LogP contribution in [0.1, 0.15) is 37.0 Å². The average Bonchev–Trinajstić information content (AvgIpc) is 3.13. The standard InChI is InChI=1S/C25H29Cl2NO4.ClH/c1-25(2,13-16-9-17-5-3-4-6-18(17)10-16)28-14-20(29)15-32-21-11-19(7-8-23(30)31)24(27)22(26)12-21;/h3-8,11-12,16,20,28-29H,9-10,13-15H2,1-2H3,(H,30,31);1H/b8-7+;/t20-;/m1./s1. The third-order valence-electron chi connectivity index (χ3n) is 5.63. The Kier molecular flexibility index (Phi) is 10.1. The van der Waals surface area contributed by atoms with Crippen molar-refractivity contribution in [2.45, 2.75) is 44.8 Å². The molecule has 180 valence electrons. The first-order chi connectivity index (χ1) is 15.1. The van der Waals surface area contributed by atoms with E-state index in [0.29, 0.717) is 23.8 Å². The highest BCUT2D eigenvalue weighted by Gasteiger charge is 2.28. The third-order valence-corrected chi connectivity index (χ3v) is 6.45. The second-order valence-electron chi connectivity index (χ2n) is 8.96. The fourth-order valence-electron chi connectivity index (χ4n) is 4.18. The van der Waals surface area contributed by atoms with Crippen molar-refractivity contribution in [1.29, 1.82) is 0 Å². The summed E-state index contributed by atoms with van der Waals surface area (Å²) in [6.07, 6.45) is 4.83. The Bertz CT molecular complexity index is 969. The largest absolute Gasteiger partial charge is 0.491 e. The minimum atomic E-state index is -1.09. The van der Waals surface area contributed by atoms with Crippen LogP contribution >= 0.6 is 35.6 Å². The number of aliphatic carboxylic acids is 1. The van der Waals surface area contributed by atoms with Gasteiger partial charge in [-0.2, -0.15) is 0 Å². The van der Waals surface area contributed by atoms with Gasteiger partial charge in [0, 0.05) is 24.2 Å². The van der Waals surface area contributed by atoms with Crippen LogP contribution in [-0.2, 0) is 17.6 Å². The van der Waals surface area contributed by atoms with Gasteiger partial charge < -0.3 is 20.3 Å². The van der Waals surface area contributed by atoms with Crippen LogP contribution in [0.25, 0.3) is 6.08 Å². The van der Waals surface area contributed by atoms with E-state index in [0.717, 1.165) is 25.3 Å². The number of hydrogen-bond acceptors (Lipinski definition) is 4. The highest BCUT2D eigenvalue weighted by molar-refractivity contribution is 6.43. The molecule has 2 aromatic rings. The van der Waals surface area contributed by atoms with E-state index in [1.165, 1.54) is 17.2 Å². The van der Waals surface area contributed by atoms with E-state index < -0.39 is 12.1 Å². The van der Waals surface area contributed by atoms with E-state index in [1.807, 2.05) is 0 Å². The van der Waals surface area contributed by atoms with Crippen molar-refractivity contribution in [3.05, 3.63) is 69.2 Å². The molecule has 0 unspecified atom stereocenters. The zero-order valence-corrected chi connectivity index (χ0v) is 21.0. The molecule has 0 heterocycles. The number of ether oxygens (including phenoxy) is 1. The summed E-state index contributed by atoms with van der Waals surface area (Å²) in [6, 6.07) is 11.8. The molecule has 1 aliphatic carbocycles. The second kappa shape index (κ2) is 12.1. The number of aliphatic hydroxyl groups is 1. The van der Waals surface area contributed by atoms with Gasteiger partial charge in [0.1, 0.15) is 18.5 Å². The van der Waals surface area contributed by atoms with Crippen molar-refractivity contribution in [2.24, 2.45) is 5.92 Å². The van der Waals surface area contributed by atoms with E-state index in [9.17, 15) is 9.90 Å². The molecule has 8 heteroatoms. The number of carboxylic acids is 1. The average molecular weight is 515 g/mol. The summed E-state index contributed by atoms with van der Waals surface area (Å²) in [5.74, 6) is -0.0858. The van der Waals surface area contributed by atoms with Crippen molar-refractivity contribution >= 4 is 47.7 Å². The summed E-state index contributed by atoms with van der Waals surface area (Å²) >= 11 is 12.2. The zero-order valence-electron chi connectivity index (χ0n) is 18.7. The molecule has 0 radical (unpaired) electrons. The molecule has 1 aliphatic rings. The summed E-state index contributed by atoms with van der Waals surface area (Å²) in [5, 5.41) is 23.2. The maximum atomic E-state index is 10.8. The van der Waals surface area contributed by atoms with E-state index >= 15 is 0 Å². The predicted octanol–water partition coefficient (Wildman–Crippen LogP) is 5.43. The number of hydrogen-bond donors (Lipinski definition) is 3. The minimum Gasteiger partial charge on any atom is -0.491 e. The molecule has 0 aromatic heterocycles. The molecule has 0 saturated heterocycles. The van der Waals surface area contributed by atoms with Gasteiger partial charge in [0.05, 0.1) is 10.0 Å². The molecule has 3 rings (SSSR count). The fourth-order valence-corrected chi connectivity index (χ4v) is 4.57. The van der Waals surface area contributed by atoms with Gasteiger partial charge in [-0.25, -0.2) is 4.79 Å². The summed E-state index contributed by atoms with van der Waals surface area (Å²) in [6.45, 7) is 4.77. The first-order valence-corrected chi connectivity index (χ1v) is 11.4. The Balaban J connectivity index is 0.00000385. The lowest BCUT2D eigenvalue weighted by atomic mass is 9.88. The molecule has 0 amide bonds. The van der Waals surface area contributed by atoms with Crippen LogP contribution in [0, 0.1) is 5.92 Å². The van der Waals surface area contributed by atoms with Crippen LogP contribution in [-0.4, -0.2) is 41.0 Å². The monoisotopic (exact) mass is 513 g/mol. The molecule has 0 aliphatic heterocycles. The van der Waals surface area contributed by atoms with E-state index in [2.05, 4.69) is 43.4 Å². The summed E-state index contributed by atoms with van der Waals surface area (Å²) in [7, 11) is 0. The number of aliphatic hydroxyl groups excluding tert-OH is 1. The molecule has 3 N–H and O–H groups in total. The molecule has 5 nitrogen and oxygen atoms in total. The van der Waals surface area contributed by atoms with Crippen molar-refractivity contribution in [3.8, 4) is 5.75 Å². The first kappa shape index (κ1) is 27.5. The lowest BCUT2D eigenvalue weighted by Crippen LogP contribution is -2.46. The predicted molar refractivity (Wildman–Crippen MR) is 136 cm³/mol. The molecular weight excluding hydrogens is 485 g/mol. The molecule has 2 aromatic carbocycles. The van der Waals surface area contributed by atoms with Gasteiger partial charge in [0.2, 0.25) is 0 Å². The van der Waals surface area contributed by atoms with E-state index in [-0.39, 0.29) is 34.6 Å². The van der Waals surface area contributed by atoms with Crippen LogP contribution in [0.5, 0.6) is 5.75 Å². The first-order valence-electron chi connectivity index (χ1n) is 10.7. The van der Waals surface area contributed by atoms with Crippen molar-refractivity contribution in [1.82, 2.24) is 5.32 Å². The Morgan fingerprint density at radius 3 is 2.48 bits per heavy atom. The molecule has 33 heavy (non-hydrogen) atoms. The number of fused-ring (bicyclic) bond motifs is 1. The Morgan fingerprint density at radius 2 is 1.88 bits per heavy atom. The topological polar surface area (TPSA) is 78.8 Å². The number of carboxylic acid groups (broad SMARTS) is 1. The van der Waals surface area contributed by atoms with Gasteiger partial charge >= 0.3 is 5.97 Å². The van der Waals surface area contributed by atoms with Crippen molar-refractivity contribution < 1.29 is 19.7 Å². The maximum Gasteiger partial charge on any atom is 0.328 e. The summed E-state index contributed by atoms with van der Waals surface area (Å²) < 4.78 is 5.68. The Morgan fingerprint density at radius 1 is 1.24 bits per heavy atom. The lowest BCUT2D eigenvalue weighted by Gasteiger charge is -2.30. The second-order valence-corrected chi connectivity index (χ2v) is 9.74. The van der Waals surface area contributed by atoms with Gasteiger partial charge in [-0.3, -0.25) is 0 Å². The summed E-state index contributed by atoms with van der Waals surface area (Å²) in [5.41, 5.74) is 3.20. The minimum absolute atomic E-state index is 0. The Hall–Kier alpha value is -1.76. The van der Waals surface area contributed by atoms with Crippen LogP contribution in [0.4, 0.5) is 0 Å². The van der Waals surface area contributed by atoms with Gasteiger partial charge in [-0.15, -0.1) is 12.4 Å². The van der Waals surface area contributed by atoms with E-state index in [4.69, 9.17) is 33.0 Å². The third kappa shape index (κ3) is 8.20. The quantitative estimate of drug-likeness (QED) is 0.369. The van der Waals surface area contributed by atoms with Crippen LogP contribution in [0.3, 0.4) is 0 Å². The number of carbonyl (C=O) groups is 1. The van der Waals surface area contributed by atoms with Gasteiger partial charge in [0.15, 0.2) is 0 Å². The number of rotatable bonds is 10. The molecule has 0 fully saturated rings. The molecular formula is C25H30Cl3NO4. The maximum absolute atomic E-state index is 10.8. The van der Waals surface area contributed by atoms with Gasteiger partial charge in [-0.05, 0) is 67.9 Å². The molecule has 1 atom stereocenters. The number of nitrogens with one attached hydrogen (secondary N) is 1. The van der Waals surface area contributed by atoms with Crippen molar-refractivity contribution in [2.75, 3.05) is 13.2 Å². The molecule has 0 saturated carbocycles. The van der Waals surface area contributed by atoms with Crippen LogP contribution in [0.15, 0.2) is 42.5 Å². The number of benzene rings is 2. The van der Waals surface area contributed by atoms with Crippen LogP contribution in [0.2, 0.25) is 10.0 Å².